The van der Waals surface area contributed by atoms with Crippen LogP contribution in [0.4, 0.5) is 5.69 Å². The molecule has 1 aromatic carbocycles. The highest BCUT2D eigenvalue weighted by Crippen LogP contribution is 2.26. The molecule has 6 nitrogen and oxygen atoms in total. The van der Waals surface area contributed by atoms with Gasteiger partial charge in [-0.05, 0) is 81.1 Å². The highest BCUT2D eigenvalue weighted by molar-refractivity contribution is 6.31. The fourth-order valence-corrected chi connectivity index (χ4v) is 4.82. The van der Waals surface area contributed by atoms with E-state index in [1.807, 2.05) is 31.2 Å². The van der Waals surface area contributed by atoms with Crippen molar-refractivity contribution in [3.63, 3.8) is 0 Å². The third kappa shape index (κ3) is 5.87. The Kier molecular flexibility index (Phi) is 7.43. The molecule has 170 valence electrons. The lowest BCUT2D eigenvalue weighted by molar-refractivity contribution is -0.127. The van der Waals surface area contributed by atoms with Gasteiger partial charge in [-0.25, -0.2) is 0 Å². The monoisotopic (exact) mass is 454 g/mol. The smallest absolute Gasteiger partial charge is 0.257 e. The zero-order chi connectivity index (χ0) is 22.5. The summed E-state index contributed by atoms with van der Waals surface area (Å²) in [5.41, 5.74) is 3.15. The Hall–Kier alpha value is -2.44. The molecule has 0 bridgehead atoms. The minimum atomic E-state index is -0.191. The molecule has 2 heterocycles. The van der Waals surface area contributed by atoms with E-state index in [4.69, 9.17) is 11.6 Å². The standard InChI is InChI=1S/C25H31ClN4O2/c1-17-12-19(15-27-14-17)25(32)29-22-6-7-23(26)20(13-22)16-30-10-8-18(9-11-30)24(31)28-21-4-2-3-5-21/h6-7,12-15,18,21H,2-5,8-11,16H2,1H3,(H,28,31)(H,29,32). The summed E-state index contributed by atoms with van der Waals surface area (Å²) in [5, 5.41) is 6.86. The lowest BCUT2D eigenvalue weighted by atomic mass is 9.95. The van der Waals surface area contributed by atoms with Crippen molar-refractivity contribution < 1.29 is 9.59 Å². The average molecular weight is 455 g/mol. The van der Waals surface area contributed by atoms with Crippen LogP contribution in [-0.4, -0.2) is 40.8 Å². The predicted octanol–water partition coefficient (Wildman–Crippen LogP) is 4.57. The van der Waals surface area contributed by atoms with Crippen molar-refractivity contribution in [2.75, 3.05) is 18.4 Å². The first-order chi connectivity index (χ1) is 15.5. The number of anilines is 1. The Morgan fingerprint density at radius 2 is 1.84 bits per heavy atom. The largest absolute Gasteiger partial charge is 0.353 e. The maximum atomic E-state index is 12.6. The van der Waals surface area contributed by atoms with Crippen molar-refractivity contribution in [3.05, 3.63) is 58.4 Å². The second-order valence-electron chi connectivity index (χ2n) is 9.05. The van der Waals surface area contributed by atoms with Gasteiger partial charge < -0.3 is 10.6 Å². The van der Waals surface area contributed by atoms with Gasteiger partial charge in [0.25, 0.3) is 5.91 Å². The number of pyridine rings is 1. The minimum Gasteiger partial charge on any atom is -0.353 e. The number of halogens is 1. The molecular weight excluding hydrogens is 424 g/mol. The van der Waals surface area contributed by atoms with Gasteiger partial charge in [-0.1, -0.05) is 24.4 Å². The first kappa shape index (κ1) is 22.7. The molecule has 0 spiro atoms. The van der Waals surface area contributed by atoms with Crippen LogP contribution in [-0.2, 0) is 11.3 Å². The molecule has 7 heteroatoms. The number of carbonyl (C=O) groups is 2. The number of likely N-dealkylation sites (tertiary alicyclic amines) is 1. The molecule has 0 unspecified atom stereocenters. The molecule has 32 heavy (non-hydrogen) atoms. The van der Waals surface area contributed by atoms with Crippen LogP contribution in [0, 0.1) is 12.8 Å². The number of hydrogen-bond acceptors (Lipinski definition) is 4. The summed E-state index contributed by atoms with van der Waals surface area (Å²) in [6.45, 7) is 4.34. The molecule has 2 aromatic rings. The van der Waals surface area contributed by atoms with Gasteiger partial charge in [0.05, 0.1) is 5.56 Å². The second-order valence-corrected chi connectivity index (χ2v) is 9.46. The first-order valence-corrected chi connectivity index (χ1v) is 11.9. The van der Waals surface area contributed by atoms with Gasteiger partial charge in [0.2, 0.25) is 5.91 Å². The molecule has 4 rings (SSSR count). The van der Waals surface area contributed by atoms with E-state index in [0.717, 1.165) is 49.9 Å². The number of amides is 2. The number of nitrogens with one attached hydrogen (secondary N) is 2. The van der Waals surface area contributed by atoms with Crippen LogP contribution >= 0.6 is 11.6 Å². The maximum absolute atomic E-state index is 12.6. The van der Waals surface area contributed by atoms with Crippen LogP contribution < -0.4 is 10.6 Å². The van der Waals surface area contributed by atoms with Crippen LogP contribution in [0.25, 0.3) is 0 Å². The Morgan fingerprint density at radius 1 is 1.09 bits per heavy atom. The Balaban J connectivity index is 1.31. The SMILES string of the molecule is Cc1cncc(C(=O)Nc2ccc(Cl)c(CN3CCC(C(=O)NC4CCCC4)CC3)c2)c1. The van der Waals surface area contributed by atoms with Crippen LogP contribution in [0.15, 0.2) is 36.7 Å². The third-order valence-electron chi connectivity index (χ3n) is 6.49. The van der Waals surface area contributed by atoms with Crippen LogP contribution in [0.2, 0.25) is 5.02 Å². The summed E-state index contributed by atoms with van der Waals surface area (Å²) in [6, 6.07) is 7.76. The summed E-state index contributed by atoms with van der Waals surface area (Å²) < 4.78 is 0. The number of benzene rings is 1. The van der Waals surface area contributed by atoms with E-state index in [1.165, 1.54) is 12.8 Å². The van der Waals surface area contributed by atoms with Gasteiger partial charge in [0, 0.05) is 41.6 Å². The van der Waals surface area contributed by atoms with E-state index in [9.17, 15) is 9.59 Å². The quantitative estimate of drug-likeness (QED) is 0.670. The Labute approximate surface area is 194 Å². The lowest BCUT2D eigenvalue weighted by Gasteiger charge is -2.32. The van der Waals surface area contributed by atoms with E-state index in [2.05, 4.69) is 20.5 Å². The first-order valence-electron chi connectivity index (χ1n) is 11.5. The van der Waals surface area contributed by atoms with Crippen LogP contribution in [0.3, 0.4) is 0 Å². The predicted molar refractivity (Wildman–Crippen MR) is 127 cm³/mol. The van der Waals surface area contributed by atoms with Gasteiger partial charge in [-0.2, -0.15) is 0 Å². The lowest BCUT2D eigenvalue weighted by Crippen LogP contribution is -2.43. The molecule has 1 saturated carbocycles. The number of piperidine rings is 1. The van der Waals surface area contributed by atoms with Crippen molar-refractivity contribution >= 4 is 29.1 Å². The molecule has 2 aliphatic rings. The van der Waals surface area contributed by atoms with Gasteiger partial charge >= 0.3 is 0 Å². The van der Waals surface area contributed by atoms with E-state index >= 15 is 0 Å². The molecule has 1 aliphatic carbocycles. The molecule has 0 radical (unpaired) electrons. The number of aryl methyl sites for hydroxylation is 1. The van der Waals surface area contributed by atoms with E-state index in [1.54, 1.807) is 12.4 Å². The van der Waals surface area contributed by atoms with E-state index < -0.39 is 0 Å². The fraction of sp³-hybridized carbons (Fsp3) is 0.480. The normalized spacial score (nSPS) is 17.9. The number of aromatic nitrogens is 1. The molecule has 2 fully saturated rings. The summed E-state index contributed by atoms with van der Waals surface area (Å²) in [7, 11) is 0. The topological polar surface area (TPSA) is 74.3 Å². The van der Waals surface area contributed by atoms with E-state index in [-0.39, 0.29) is 17.7 Å². The number of nitrogens with zero attached hydrogens (tertiary/aromatic N) is 2. The van der Waals surface area contributed by atoms with E-state index in [0.29, 0.717) is 28.9 Å². The summed E-state index contributed by atoms with van der Waals surface area (Å²) in [4.78, 5) is 31.5. The minimum absolute atomic E-state index is 0.107. The molecule has 1 aromatic heterocycles. The zero-order valence-electron chi connectivity index (χ0n) is 18.6. The van der Waals surface area contributed by atoms with Gasteiger partial charge in [-0.3, -0.25) is 19.5 Å². The maximum Gasteiger partial charge on any atom is 0.257 e. The third-order valence-corrected chi connectivity index (χ3v) is 6.86. The van der Waals surface area contributed by atoms with Crippen molar-refractivity contribution in [2.45, 2.75) is 58.0 Å². The summed E-state index contributed by atoms with van der Waals surface area (Å²) >= 11 is 6.45. The van der Waals surface area contributed by atoms with Crippen molar-refractivity contribution in [1.82, 2.24) is 15.2 Å². The highest BCUT2D eigenvalue weighted by Gasteiger charge is 2.27. The fourth-order valence-electron chi connectivity index (χ4n) is 4.64. The molecule has 2 amide bonds. The second kappa shape index (κ2) is 10.5. The van der Waals surface area contributed by atoms with Crippen molar-refractivity contribution in [1.29, 1.82) is 0 Å². The van der Waals surface area contributed by atoms with Crippen molar-refractivity contribution in [2.24, 2.45) is 5.92 Å². The van der Waals surface area contributed by atoms with Crippen LogP contribution in [0.5, 0.6) is 0 Å². The molecular formula is C25H31ClN4O2. The summed E-state index contributed by atoms with van der Waals surface area (Å²) in [6.07, 6.45) is 9.72. The van der Waals surface area contributed by atoms with Crippen LogP contribution in [0.1, 0.15) is 60.0 Å². The Morgan fingerprint density at radius 3 is 2.56 bits per heavy atom. The summed E-state index contributed by atoms with van der Waals surface area (Å²) in [5.74, 6) is 0.143. The molecule has 1 aliphatic heterocycles. The molecule has 2 N–H and O–H groups in total. The molecule has 0 atom stereocenters. The van der Waals surface area contributed by atoms with Gasteiger partial charge in [0.1, 0.15) is 0 Å². The van der Waals surface area contributed by atoms with Gasteiger partial charge in [-0.15, -0.1) is 0 Å². The highest BCUT2D eigenvalue weighted by atomic mass is 35.5. The zero-order valence-corrected chi connectivity index (χ0v) is 19.3. The number of rotatable bonds is 6. The number of carbonyl (C=O) groups excluding carboxylic acids is 2. The Bertz CT molecular complexity index is 966. The average Bonchev–Trinajstić information content (AvgIpc) is 3.29. The van der Waals surface area contributed by atoms with Crippen molar-refractivity contribution in [3.8, 4) is 0 Å². The molecule has 1 saturated heterocycles. The van der Waals surface area contributed by atoms with Gasteiger partial charge in [0.15, 0.2) is 0 Å². The number of hydrogen-bond donors (Lipinski definition) is 2.